The molecule has 0 radical (unpaired) electrons. The number of urea groups is 1. The van der Waals surface area contributed by atoms with E-state index in [1.807, 2.05) is 17.5 Å². The van der Waals surface area contributed by atoms with Crippen molar-refractivity contribution in [1.82, 2.24) is 9.80 Å². The number of halogens is 3. The number of rotatable bonds is 8. The summed E-state index contributed by atoms with van der Waals surface area (Å²) in [7, 11) is 0. The Morgan fingerprint density at radius 2 is 1.73 bits per heavy atom. The van der Waals surface area contributed by atoms with Crippen molar-refractivity contribution >= 4 is 29.0 Å². The van der Waals surface area contributed by atoms with E-state index in [4.69, 9.17) is 0 Å². The number of amides is 3. The Kier molecular flexibility index (Phi) is 6.98. The molecule has 1 aliphatic rings. The average Bonchev–Trinajstić information content (AvgIpc) is 3.50. The van der Waals surface area contributed by atoms with Crippen molar-refractivity contribution in [2.24, 2.45) is 0 Å². The topological polar surface area (TPSA) is 52.7 Å². The third kappa shape index (κ3) is 6.13. The summed E-state index contributed by atoms with van der Waals surface area (Å²) in [6, 6.07) is 12.2. The Bertz CT molecular complexity index is 1120. The Morgan fingerprint density at radius 1 is 0.970 bits per heavy atom. The number of carbonyl (C=O) groups excluding carboxylic acids is 2. The monoisotopic (exact) mass is 473 g/mol. The summed E-state index contributed by atoms with van der Waals surface area (Å²) in [5.41, 5.74) is 0.879. The van der Waals surface area contributed by atoms with Crippen LogP contribution >= 0.6 is 11.3 Å². The van der Waals surface area contributed by atoms with Crippen LogP contribution in [-0.2, 0) is 17.9 Å². The van der Waals surface area contributed by atoms with Gasteiger partial charge in [-0.25, -0.2) is 18.0 Å². The number of nitrogens with one attached hydrogen (secondary N) is 1. The molecule has 1 heterocycles. The zero-order chi connectivity index (χ0) is 23.4. The third-order valence-corrected chi connectivity index (χ3v) is 6.15. The second-order valence-electron chi connectivity index (χ2n) is 7.87. The maximum absolute atomic E-state index is 13.5. The molecular formula is C24H22F3N3O2S. The first-order chi connectivity index (χ1) is 15.9. The van der Waals surface area contributed by atoms with Gasteiger partial charge in [0.1, 0.15) is 12.4 Å². The van der Waals surface area contributed by atoms with Crippen molar-refractivity contribution in [1.29, 1.82) is 0 Å². The largest absolute Gasteiger partial charge is 0.332 e. The van der Waals surface area contributed by atoms with Gasteiger partial charge in [-0.3, -0.25) is 4.79 Å². The molecular weight excluding hydrogens is 451 g/mol. The number of hydrogen-bond acceptors (Lipinski definition) is 3. The van der Waals surface area contributed by atoms with Crippen molar-refractivity contribution < 1.29 is 22.8 Å². The van der Waals surface area contributed by atoms with Crippen molar-refractivity contribution in [3.05, 3.63) is 87.9 Å². The van der Waals surface area contributed by atoms with E-state index in [-0.39, 0.29) is 36.5 Å². The van der Waals surface area contributed by atoms with Gasteiger partial charge in [0, 0.05) is 29.2 Å². The molecule has 4 rings (SSSR count). The second-order valence-corrected chi connectivity index (χ2v) is 8.91. The summed E-state index contributed by atoms with van der Waals surface area (Å²) in [5.74, 6) is -2.70. The number of carbonyl (C=O) groups is 2. The van der Waals surface area contributed by atoms with E-state index < -0.39 is 17.7 Å². The van der Waals surface area contributed by atoms with Crippen LogP contribution in [0, 0.1) is 17.5 Å². The fourth-order valence-electron chi connectivity index (χ4n) is 3.40. The van der Waals surface area contributed by atoms with Gasteiger partial charge < -0.3 is 15.1 Å². The van der Waals surface area contributed by atoms with Crippen LogP contribution in [0.3, 0.4) is 0 Å². The molecule has 172 valence electrons. The van der Waals surface area contributed by atoms with Gasteiger partial charge >= 0.3 is 6.03 Å². The van der Waals surface area contributed by atoms with Crippen molar-refractivity contribution in [3.8, 4) is 0 Å². The molecule has 2 aromatic carbocycles. The first-order valence-electron chi connectivity index (χ1n) is 10.5. The summed E-state index contributed by atoms with van der Waals surface area (Å²) in [4.78, 5) is 30.1. The number of anilines is 1. The van der Waals surface area contributed by atoms with Gasteiger partial charge in [-0.2, -0.15) is 0 Å². The lowest BCUT2D eigenvalue weighted by molar-refractivity contribution is -0.133. The van der Waals surface area contributed by atoms with Crippen LogP contribution < -0.4 is 5.32 Å². The number of thiophene rings is 1. The Labute approximate surface area is 193 Å². The van der Waals surface area contributed by atoms with E-state index in [0.717, 1.165) is 35.4 Å². The van der Waals surface area contributed by atoms with Gasteiger partial charge in [0.2, 0.25) is 5.91 Å². The van der Waals surface area contributed by atoms with Crippen molar-refractivity contribution in [2.45, 2.75) is 32.0 Å². The SMILES string of the molecule is O=C(CN(C(=O)Nc1ccc(F)c(F)c1)C1CC1)N(Cc1ccc(F)cc1)Cc1cccs1. The van der Waals surface area contributed by atoms with Gasteiger partial charge in [-0.15, -0.1) is 11.3 Å². The molecule has 1 aliphatic carbocycles. The van der Waals surface area contributed by atoms with E-state index in [1.165, 1.54) is 34.4 Å². The van der Waals surface area contributed by atoms with Crippen molar-refractivity contribution in [3.63, 3.8) is 0 Å². The third-order valence-electron chi connectivity index (χ3n) is 5.29. The molecule has 0 atom stereocenters. The smallest absolute Gasteiger partial charge is 0.322 e. The molecule has 0 spiro atoms. The maximum Gasteiger partial charge on any atom is 0.322 e. The highest BCUT2D eigenvalue weighted by molar-refractivity contribution is 7.09. The van der Waals surface area contributed by atoms with Crippen molar-refractivity contribution in [2.75, 3.05) is 11.9 Å². The number of nitrogens with zero attached hydrogens (tertiary/aromatic N) is 2. The highest BCUT2D eigenvalue weighted by Crippen LogP contribution is 2.28. The summed E-state index contributed by atoms with van der Waals surface area (Å²) in [6.07, 6.45) is 1.53. The highest BCUT2D eigenvalue weighted by atomic mass is 32.1. The Balaban J connectivity index is 1.48. The van der Waals surface area contributed by atoms with Gasteiger partial charge in [-0.1, -0.05) is 18.2 Å². The van der Waals surface area contributed by atoms with E-state index in [0.29, 0.717) is 6.54 Å². The molecule has 0 saturated heterocycles. The molecule has 1 N–H and O–H groups in total. The summed E-state index contributed by atoms with van der Waals surface area (Å²) < 4.78 is 40.0. The van der Waals surface area contributed by atoms with Gasteiger partial charge in [0.05, 0.1) is 6.54 Å². The summed E-state index contributed by atoms with van der Waals surface area (Å²) >= 11 is 1.52. The zero-order valence-electron chi connectivity index (χ0n) is 17.6. The van der Waals surface area contributed by atoms with Gasteiger partial charge in [-0.05, 0) is 54.1 Å². The van der Waals surface area contributed by atoms with E-state index >= 15 is 0 Å². The summed E-state index contributed by atoms with van der Waals surface area (Å²) in [5, 5.41) is 4.47. The van der Waals surface area contributed by atoms with Gasteiger partial charge in [0.25, 0.3) is 0 Å². The summed E-state index contributed by atoms with van der Waals surface area (Å²) in [6.45, 7) is 0.463. The number of benzene rings is 2. The molecule has 0 bridgehead atoms. The van der Waals surface area contributed by atoms with E-state index in [1.54, 1.807) is 17.0 Å². The van der Waals surface area contributed by atoms with E-state index in [9.17, 15) is 22.8 Å². The first kappa shape index (κ1) is 22.8. The molecule has 1 saturated carbocycles. The molecule has 0 unspecified atom stereocenters. The molecule has 5 nitrogen and oxygen atoms in total. The fraction of sp³-hybridized carbons (Fsp3) is 0.250. The molecule has 1 aromatic heterocycles. The molecule has 0 aliphatic heterocycles. The number of hydrogen-bond donors (Lipinski definition) is 1. The minimum atomic E-state index is -1.07. The minimum Gasteiger partial charge on any atom is -0.332 e. The maximum atomic E-state index is 13.5. The van der Waals surface area contributed by atoms with E-state index in [2.05, 4.69) is 5.32 Å². The van der Waals surface area contributed by atoms with Crippen LogP contribution in [0.15, 0.2) is 60.0 Å². The fourth-order valence-corrected chi connectivity index (χ4v) is 4.12. The highest BCUT2D eigenvalue weighted by Gasteiger charge is 2.35. The molecule has 9 heteroatoms. The quantitative estimate of drug-likeness (QED) is 0.477. The molecule has 3 aromatic rings. The predicted octanol–water partition coefficient (Wildman–Crippen LogP) is 5.39. The van der Waals surface area contributed by atoms with Crippen LogP contribution in [0.25, 0.3) is 0 Å². The Hall–Kier alpha value is -3.33. The standard InChI is InChI=1S/C24H22F3N3O2S/c25-17-5-3-16(4-6-17)13-29(14-20-2-1-11-33-20)23(31)15-30(19-8-9-19)24(32)28-18-7-10-21(26)22(27)12-18/h1-7,10-12,19H,8-9,13-15H2,(H,28,32). The first-order valence-corrected chi connectivity index (χ1v) is 11.3. The van der Waals surface area contributed by atoms with Crippen LogP contribution in [0.1, 0.15) is 23.3 Å². The lowest BCUT2D eigenvalue weighted by Gasteiger charge is -2.28. The van der Waals surface area contributed by atoms with Crippen LogP contribution in [0.4, 0.5) is 23.7 Å². The van der Waals surface area contributed by atoms with Crippen LogP contribution in [0.2, 0.25) is 0 Å². The van der Waals surface area contributed by atoms with Crippen LogP contribution in [-0.4, -0.2) is 34.3 Å². The molecule has 33 heavy (non-hydrogen) atoms. The van der Waals surface area contributed by atoms with Crippen LogP contribution in [0.5, 0.6) is 0 Å². The lowest BCUT2D eigenvalue weighted by atomic mass is 10.2. The zero-order valence-corrected chi connectivity index (χ0v) is 18.5. The Morgan fingerprint density at radius 3 is 2.36 bits per heavy atom. The molecule has 3 amide bonds. The molecule has 1 fully saturated rings. The van der Waals surface area contributed by atoms with Gasteiger partial charge in [0.15, 0.2) is 11.6 Å². The predicted molar refractivity (Wildman–Crippen MR) is 120 cm³/mol. The second kappa shape index (κ2) is 10.1. The normalized spacial score (nSPS) is 12.9. The minimum absolute atomic E-state index is 0.0892. The lowest BCUT2D eigenvalue weighted by Crippen LogP contribution is -2.45. The average molecular weight is 474 g/mol.